The second-order valence-corrected chi connectivity index (χ2v) is 6.01. The predicted molar refractivity (Wildman–Crippen MR) is 103 cm³/mol. The van der Waals surface area contributed by atoms with Gasteiger partial charge >= 0.3 is 0 Å². The third kappa shape index (κ3) is 4.67. The number of ketones is 1. The number of hydrogen-bond acceptors (Lipinski definition) is 2. The summed E-state index contributed by atoms with van der Waals surface area (Å²) >= 11 is 0. The first-order valence-electron chi connectivity index (χ1n) is 8.38. The molecule has 3 rings (SSSR count). The molecular formula is C23H21NO. The molecule has 0 saturated heterocycles. The van der Waals surface area contributed by atoms with Crippen molar-refractivity contribution in [3.8, 4) is 11.1 Å². The summed E-state index contributed by atoms with van der Waals surface area (Å²) in [4.78, 5) is 12.2. The molecule has 124 valence electrons. The smallest absolute Gasteiger partial charge is 0.187 e. The Balaban J connectivity index is 1.56. The zero-order valence-electron chi connectivity index (χ0n) is 14.3. The topological polar surface area (TPSA) is 29.1 Å². The minimum Gasteiger partial charge on any atom is -0.387 e. The van der Waals surface area contributed by atoms with Gasteiger partial charge in [-0.2, -0.15) is 0 Å². The third-order valence-corrected chi connectivity index (χ3v) is 4.06. The lowest BCUT2D eigenvalue weighted by Crippen LogP contribution is -2.05. The molecule has 2 heteroatoms. The van der Waals surface area contributed by atoms with Gasteiger partial charge < -0.3 is 5.32 Å². The van der Waals surface area contributed by atoms with Gasteiger partial charge in [0, 0.05) is 24.4 Å². The third-order valence-electron chi connectivity index (χ3n) is 4.06. The first-order chi connectivity index (χ1) is 12.2. The summed E-state index contributed by atoms with van der Waals surface area (Å²) in [5.74, 6) is -0.00369. The van der Waals surface area contributed by atoms with Crippen LogP contribution in [0.4, 0.5) is 0 Å². The van der Waals surface area contributed by atoms with E-state index in [0.29, 0.717) is 12.1 Å². The summed E-state index contributed by atoms with van der Waals surface area (Å²) in [7, 11) is 0. The quantitative estimate of drug-likeness (QED) is 0.501. The number of carbonyl (C=O) groups is 1. The maximum Gasteiger partial charge on any atom is 0.187 e. The summed E-state index contributed by atoms with van der Waals surface area (Å²) in [6.45, 7) is 2.77. The van der Waals surface area contributed by atoms with E-state index in [-0.39, 0.29) is 5.78 Å². The fourth-order valence-electron chi connectivity index (χ4n) is 2.57. The van der Waals surface area contributed by atoms with Crippen molar-refractivity contribution in [2.24, 2.45) is 0 Å². The van der Waals surface area contributed by atoms with E-state index in [1.165, 1.54) is 11.1 Å². The van der Waals surface area contributed by atoms with Gasteiger partial charge in [-0.05, 0) is 23.6 Å². The van der Waals surface area contributed by atoms with Gasteiger partial charge in [0.15, 0.2) is 5.78 Å². The molecule has 2 nitrogen and oxygen atoms in total. The molecule has 0 aliphatic heterocycles. The van der Waals surface area contributed by atoms with E-state index in [2.05, 4.69) is 48.6 Å². The Labute approximate surface area is 148 Å². The van der Waals surface area contributed by atoms with E-state index < -0.39 is 0 Å². The maximum absolute atomic E-state index is 12.2. The van der Waals surface area contributed by atoms with E-state index in [1.54, 1.807) is 12.3 Å². The number of benzene rings is 3. The van der Waals surface area contributed by atoms with Gasteiger partial charge in [-0.3, -0.25) is 4.79 Å². The van der Waals surface area contributed by atoms with Crippen LogP contribution in [0.1, 0.15) is 21.5 Å². The largest absolute Gasteiger partial charge is 0.387 e. The van der Waals surface area contributed by atoms with E-state index in [4.69, 9.17) is 0 Å². The van der Waals surface area contributed by atoms with Crippen LogP contribution in [-0.4, -0.2) is 5.78 Å². The second-order valence-electron chi connectivity index (χ2n) is 6.01. The molecule has 0 radical (unpaired) electrons. The zero-order valence-corrected chi connectivity index (χ0v) is 14.3. The highest BCUT2D eigenvalue weighted by atomic mass is 16.1. The van der Waals surface area contributed by atoms with Crippen LogP contribution in [0.15, 0.2) is 91.1 Å². The van der Waals surface area contributed by atoms with Gasteiger partial charge in [-0.25, -0.2) is 0 Å². The van der Waals surface area contributed by atoms with Crippen molar-refractivity contribution in [1.29, 1.82) is 0 Å². The van der Waals surface area contributed by atoms with Crippen LogP contribution >= 0.6 is 0 Å². The van der Waals surface area contributed by atoms with Crippen LogP contribution in [-0.2, 0) is 6.54 Å². The Bertz CT molecular complexity index is 847. The molecule has 0 aliphatic rings. The molecule has 3 aromatic rings. The SMILES string of the molecule is Cc1ccc(CNC=CC(=O)c2ccc(-c3ccccc3)cc2)cc1. The van der Waals surface area contributed by atoms with Crippen LogP contribution in [0, 0.1) is 6.92 Å². The van der Waals surface area contributed by atoms with E-state index in [0.717, 1.165) is 11.1 Å². The van der Waals surface area contributed by atoms with Crippen LogP contribution in [0.25, 0.3) is 11.1 Å². The Morgan fingerprint density at radius 3 is 2.16 bits per heavy atom. The van der Waals surface area contributed by atoms with Gasteiger partial charge in [0.25, 0.3) is 0 Å². The molecule has 0 bridgehead atoms. The lowest BCUT2D eigenvalue weighted by Gasteiger charge is -2.03. The van der Waals surface area contributed by atoms with Gasteiger partial charge in [-0.15, -0.1) is 0 Å². The number of allylic oxidation sites excluding steroid dienone is 1. The first-order valence-corrected chi connectivity index (χ1v) is 8.38. The number of hydrogen-bond donors (Lipinski definition) is 1. The average Bonchev–Trinajstić information content (AvgIpc) is 2.67. The van der Waals surface area contributed by atoms with Crippen molar-refractivity contribution in [3.63, 3.8) is 0 Å². The molecule has 0 aromatic heterocycles. The molecule has 0 spiro atoms. The van der Waals surface area contributed by atoms with E-state index >= 15 is 0 Å². The number of nitrogens with one attached hydrogen (secondary N) is 1. The second kappa shape index (κ2) is 8.11. The highest BCUT2D eigenvalue weighted by molar-refractivity contribution is 6.04. The predicted octanol–water partition coefficient (Wildman–Crippen LogP) is 5.15. The molecule has 0 saturated carbocycles. The Kier molecular flexibility index (Phi) is 5.43. The summed E-state index contributed by atoms with van der Waals surface area (Å²) in [5.41, 5.74) is 5.38. The lowest BCUT2D eigenvalue weighted by molar-refractivity contribution is 0.104. The first kappa shape index (κ1) is 16.7. The van der Waals surface area contributed by atoms with Crippen LogP contribution in [0.5, 0.6) is 0 Å². The zero-order chi connectivity index (χ0) is 17.5. The summed E-state index contributed by atoms with van der Waals surface area (Å²) in [6, 6.07) is 26.2. The number of aryl methyl sites for hydroxylation is 1. The molecule has 0 fully saturated rings. The van der Waals surface area contributed by atoms with E-state index in [1.807, 2.05) is 42.5 Å². The highest BCUT2D eigenvalue weighted by Gasteiger charge is 2.02. The minimum atomic E-state index is -0.00369. The minimum absolute atomic E-state index is 0.00369. The standard InChI is InChI=1S/C23H21NO/c1-18-7-9-19(10-8-18)17-24-16-15-23(25)22-13-11-21(12-14-22)20-5-3-2-4-6-20/h2-16,24H,17H2,1H3. The number of carbonyl (C=O) groups excluding carboxylic acids is 1. The monoisotopic (exact) mass is 327 g/mol. The van der Waals surface area contributed by atoms with Gasteiger partial charge in [0.05, 0.1) is 0 Å². The molecule has 0 unspecified atom stereocenters. The van der Waals surface area contributed by atoms with Crippen molar-refractivity contribution in [3.05, 3.63) is 108 Å². The molecule has 0 heterocycles. The highest BCUT2D eigenvalue weighted by Crippen LogP contribution is 2.19. The Morgan fingerprint density at radius 1 is 0.840 bits per heavy atom. The van der Waals surface area contributed by atoms with Crippen LogP contribution < -0.4 is 5.32 Å². The molecule has 0 atom stereocenters. The lowest BCUT2D eigenvalue weighted by atomic mass is 10.0. The maximum atomic E-state index is 12.2. The molecule has 1 N–H and O–H groups in total. The molecular weight excluding hydrogens is 306 g/mol. The average molecular weight is 327 g/mol. The fraction of sp³-hybridized carbons (Fsp3) is 0.0870. The molecule has 25 heavy (non-hydrogen) atoms. The normalized spacial score (nSPS) is 10.8. The van der Waals surface area contributed by atoms with Gasteiger partial charge in [0.1, 0.15) is 0 Å². The van der Waals surface area contributed by atoms with Gasteiger partial charge in [-0.1, -0.05) is 84.4 Å². The Morgan fingerprint density at radius 2 is 1.48 bits per heavy atom. The van der Waals surface area contributed by atoms with Crippen molar-refractivity contribution in [2.75, 3.05) is 0 Å². The van der Waals surface area contributed by atoms with Crippen LogP contribution in [0.2, 0.25) is 0 Å². The van der Waals surface area contributed by atoms with E-state index in [9.17, 15) is 4.79 Å². The summed E-state index contributed by atoms with van der Waals surface area (Å²) in [6.07, 6.45) is 3.29. The summed E-state index contributed by atoms with van der Waals surface area (Å²) in [5, 5.41) is 3.16. The van der Waals surface area contributed by atoms with Crippen molar-refractivity contribution >= 4 is 5.78 Å². The molecule has 0 aliphatic carbocycles. The number of rotatable bonds is 6. The fourth-order valence-corrected chi connectivity index (χ4v) is 2.57. The van der Waals surface area contributed by atoms with Crippen molar-refractivity contribution in [2.45, 2.75) is 13.5 Å². The van der Waals surface area contributed by atoms with Crippen LogP contribution in [0.3, 0.4) is 0 Å². The van der Waals surface area contributed by atoms with Gasteiger partial charge in [0.2, 0.25) is 0 Å². The summed E-state index contributed by atoms with van der Waals surface area (Å²) < 4.78 is 0. The Hall–Kier alpha value is -3.13. The molecule has 0 amide bonds. The molecule has 3 aromatic carbocycles. The van der Waals surface area contributed by atoms with Crippen molar-refractivity contribution < 1.29 is 4.79 Å². The van der Waals surface area contributed by atoms with Crippen molar-refractivity contribution in [1.82, 2.24) is 5.32 Å².